The molecular weight excluding hydrogens is 292 g/mol. The van der Waals surface area contributed by atoms with Crippen molar-refractivity contribution in [2.24, 2.45) is 5.73 Å². The molecule has 0 bridgehead atoms. The summed E-state index contributed by atoms with van der Waals surface area (Å²) >= 11 is 3.40. The van der Waals surface area contributed by atoms with Crippen LogP contribution in [0.3, 0.4) is 0 Å². The number of halogens is 1. The largest absolute Gasteiger partial charge is 0.352 e. The smallest absolute Gasteiger partial charge is 0.237 e. The van der Waals surface area contributed by atoms with E-state index in [2.05, 4.69) is 33.4 Å². The fraction of sp³-hybridized carbons (Fsp3) is 0.500. The van der Waals surface area contributed by atoms with E-state index in [-0.39, 0.29) is 18.0 Å². The Morgan fingerprint density at radius 3 is 2.56 bits per heavy atom. The first kappa shape index (κ1) is 15.2. The van der Waals surface area contributed by atoms with Gasteiger partial charge in [0.1, 0.15) is 0 Å². The van der Waals surface area contributed by atoms with E-state index in [0.29, 0.717) is 0 Å². The summed E-state index contributed by atoms with van der Waals surface area (Å²) in [5, 5.41) is 2.95. The fourth-order valence-electron chi connectivity index (χ4n) is 1.82. The van der Waals surface area contributed by atoms with Crippen molar-refractivity contribution in [1.29, 1.82) is 0 Å². The van der Waals surface area contributed by atoms with Crippen LogP contribution in [0, 0.1) is 0 Å². The van der Waals surface area contributed by atoms with Crippen molar-refractivity contribution in [3.05, 3.63) is 34.3 Å². The number of carbonyl (C=O) groups is 1. The molecule has 1 amide bonds. The Hall–Kier alpha value is -0.870. The highest BCUT2D eigenvalue weighted by Gasteiger charge is 2.14. The zero-order valence-corrected chi connectivity index (χ0v) is 12.5. The molecule has 3 nitrogen and oxygen atoms in total. The Kier molecular flexibility index (Phi) is 6.36. The lowest BCUT2D eigenvalue weighted by atomic mass is 10.1. The Morgan fingerprint density at radius 2 is 2.00 bits per heavy atom. The van der Waals surface area contributed by atoms with Crippen LogP contribution in [0.25, 0.3) is 0 Å². The summed E-state index contributed by atoms with van der Waals surface area (Å²) in [6.07, 6.45) is 2.48. The summed E-state index contributed by atoms with van der Waals surface area (Å²) in [7, 11) is 0. The predicted molar refractivity (Wildman–Crippen MR) is 78.3 cm³/mol. The molecule has 3 N–H and O–H groups in total. The number of nitrogens with two attached hydrogens (primary N) is 1. The number of benzene rings is 1. The van der Waals surface area contributed by atoms with Gasteiger partial charge in [0.2, 0.25) is 5.91 Å². The molecule has 0 saturated heterocycles. The van der Waals surface area contributed by atoms with Gasteiger partial charge in [-0.3, -0.25) is 4.79 Å². The third-order valence-electron chi connectivity index (χ3n) is 2.78. The molecule has 0 heterocycles. The minimum atomic E-state index is -0.387. The van der Waals surface area contributed by atoms with Crippen LogP contribution in [0.15, 0.2) is 28.7 Å². The maximum Gasteiger partial charge on any atom is 0.237 e. The minimum absolute atomic E-state index is 0.0542. The van der Waals surface area contributed by atoms with E-state index in [0.717, 1.165) is 23.7 Å². The minimum Gasteiger partial charge on any atom is -0.352 e. The molecule has 0 aromatic heterocycles. The molecule has 0 radical (unpaired) electrons. The van der Waals surface area contributed by atoms with Gasteiger partial charge in [0.25, 0.3) is 0 Å². The van der Waals surface area contributed by atoms with Crippen molar-refractivity contribution in [2.75, 3.05) is 0 Å². The molecule has 0 aliphatic rings. The average molecular weight is 313 g/mol. The van der Waals surface area contributed by atoms with Crippen molar-refractivity contribution < 1.29 is 4.79 Å². The zero-order chi connectivity index (χ0) is 13.5. The molecule has 1 aromatic rings. The normalized spacial score (nSPS) is 14.0. The molecule has 0 aliphatic heterocycles. The van der Waals surface area contributed by atoms with E-state index in [4.69, 9.17) is 5.73 Å². The summed E-state index contributed by atoms with van der Waals surface area (Å²) in [6.45, 7) is 4.02. The lowest BCUT2D eigenvalue weighted by Crippen LogP contribution is -2.45. The first-order chi connectivity index (χ1) is 8.52. The highest BCUT2D eigenvalue weighted by atomic mass is 79.9. The van der Waals surface area contributed by atoms with E-state index in [1.807, 2.05) is 26.0 Å². The van der Waals surface area contributed by atoms with Gasteiger partial charge in [-0.1, -0.05) is 41.4 Å². The van der Waals surface area contributed by atoms with Gasteiger partial charge in [-0.2, -0.15) is 0 Å². The van der Waals surface area contributed by atoms with Crippen molar-refractivity contribution in [1.82, 2.24) is 5.32 Å². The highest BCUT2D eigenvalue weighted by Crippen LogP contribution is 2.11. The maximum absolute atomic E-state index is 11.7. The lowest BCUT2D eigenvalue weighted by Gasteiger charge is -2.17. The van der Waals surface area contributed by atoms with E-state index < -0.39 is 0 Å². The van der Waals surface area contributed by atoms with Gasteiger partial charge < -0.3 is 11.1 Å². The van der Waals surface area contributed by atoms with Crippen LogP contribution in [0.4, 0.5) is 0 Å². The second-order valence-corrected chi connectivity index (χ2v) is 5.55. The lowest BCUT2D eigenvalue weighted by molar-refractivity contribution is -0.123. The number of hydrogen-bond donors (Lipinski definition) is 2. The summed E-state index contributed by atoms with van der Waals surface area (Å²) < 4.78 is 1.06. The van der Waals surface area contributed by atoms with Crippen LogP contribution in [0.1, 0.15) is 32.3 Å². The summed E-state index contributed by atoms with van der Waals surface area (Å²) in [6, 6.07) is 7.83. The van der Waals surface area contributed by atoms with Crippen LogP contribution in [-0.4, -0.2) is 18.0 Å². The van der Waals surface area contributed by atoms with Crippen molar-refractivity contribution in [3.63, 3.8) is 0 Å². The molecule has 2 unspecified atom stereocenters. The van der Waals surface area contributed by atoms with Crippen molar-refractivity contribution in [3.8, 4) is 0 Å². The Bertz CT molecular complexity index is 378. The predicted octanol–water partition coefficient (Wildman–Crippen LogP) is 2.62. The molecule has 2 atom stereocenters. The van der Waals surface area contributed by atoms with Gasteiger partial charge in [0.15, 0.2) is 0 Å². The van der Waals surface area contributed by atoms with Crippen LogP contribution in [-0.2, 0) is 11.2 Å². The van der Waals surface area contributed by atoms with Crippen LogP contribution in [0.2, 0.25) is 0 Å². The average Bonchev–Trinajstić information content (AvgIpc) is 2.32. The Labute approximate surface area is 117 Å². The molecule has 4 heteroatoms. The zero-order valence-electron chi connectivity index (χ0n) is 10.9. The van der Waals surface area contributed by atoms with Crippen molar-refractivity contribution in [2.45, 2.75) is 45.2 Å². The van der Waals surface area contributed by atoms with Crippen LogP contribution in [0.5, 0.6) is 0 Å². The second-order valence-electron chi connectivity index (χ2n) is 4.64. The van der Waals surface area contributed by atoms with E-state index >= 15 is 0 Å². The Morgan fingerprint density at radius 1 is 1.39 bits per heavy atom. The first-order valence-electron chi connectivity index (χ1n) is 6.33. The summed E-state index contributed by atoms with van der Waals surface area (Å²) in [5.74, 6) is -0.0542. The number of nitrogens with one attached hydrogen (secondary N) is 1. The molecule has 1 aromatic carbocycles. The van der Waals surface area contributed by atoms with Gasteiger partial charge in [-0.25, -0.2) is 0 Å². The Balaban J connectivity index is 2.43. The van der Waals surface area contributed by atoms with Gasteiger partial charge >= 0.3 is 0 Å². The molecule has 0 aliphatic carbocycles. The van der Waals surface area contributed by atoms with Gasteiger partial charge in [-0.15, -0.1) is 0 Å². The van der Waals surface area contributed by atoms with Crippen LogP contribution >= 0.6 is 15.9 Å². The summed E-state index contributed by atoms with van der Waals surface area (Å²) in [4.78, 5) is 11.7. The number of amides is 1. The van der Waals surface area contributed by atoms with E-state index in [1.165, 1.54) is 5.56 Å². The SMILES string of the molecule is CCCC(N)C(=O)NC(C)Cc1ccc(Br)cc1. The molecule has 0 spiro atoms. The second kappa shape index (κ2) is 7.54. The molecule has 0 saturated carbocycles. The van der Waals surface area contributed by atoms with Crippen molar-refractivity contribution >= 4 is 21.8 Å². The highest BCUT2D eigenvalue weighted by molar-refractivity contribution is 9.10. The summed E-state index contributed by atoms with van der Waals surface area (Å²) in [5.41, 5.74) is 6.97. The van der Waals surface area contributed by atoms with Gasteiger partial charge in [-0.05, 0) is 37.5 Å². The van der Waals surface area contributed by atoms with Crippen LogP contribution < -0.4 is 11.1 Å². The molecule has 0 fully saturated rings. The van der Waals surface area contributed by atoms with E-state index in [1.54, 1.807) is 0 Å². The quantitative estimate of drug-likeness (QED) is 0.848. The first-order valence-corrected chi connectivity index (χ1v) is 7.12. The third kappa shape index (κ3) is 5.19. The molecule has 100 valence electrons. The van der Waals surface area contributed by atoms with Gasteiger partial charge in [0.05, 0.1) is 6.04 Å². The molecule has 18 heavy (non-hydrogen) atoms. The topological polar surface area (TPSA) is 55.1 Å². The molecular formula is C14H21BrN2O. The number of rotatable bonds is 6. The third-order valence-corrected chi connectivity index (χ3v) is 3.31. The fourth-order valence-corrected chi connectivity index (χ4v) is 2.08. The molecule has 1 rings (SSSR count). The van der Waals surface area contributed by atoms with E-state index in [9.17, 15) is 4.79 Å². The standard InChI is InChI=1S/C14H21BrN2O/c1-3-4-13(16)14(18)17-10(2)9-11-5-7-12(15)8-6-11/h5-8,10,13H,3-4,9,16H2,1-2H3,(H,17,18). The van der Waals surface area contributed by atoms with Gasteiger partial charge in [0, 0.05) is 10.5 Å². The number of hydrogen-bond acceptors (Lipinski definition) is 2. The number of carbonyl (C=O) groups excluding carboxylic acids is 1. The maximum atomic E-state index is 11.7. The monoisotopic (exact) mass is 312 g/mol.